The molecule has 0 aliphatic carbocycles. The maximum Gasteiger partial charge on any atom is 0.224 e. The topological polar surface area (TPSA) is 80.0 Å². The third kappa shape index (κ3) is 4.08. The largest absolute Gasteiger partial charge is 0.360 e. The Labute approximate surface area is 117 Å². The summed E-state index contributed by atoms with van der Waals surface area (Å²) in [6, 6.07) is 5.34. The summed E-state index contributed by atoms with van der Waals surface area (Å²) in [6.45, 7) is 5.83. The molecule has 0 atom stereocenters. The number of carbonyl (C=O) groups excluding carboxylic acids is 1. The van der Waals surface area contributed by atoms with Crippen LogP contribution in [0.15, 0.2) is 28.9 Å². The average Bonchev–Trinajstić information content (AvgIpc) is 2.76. The van der Waals surface area contributed by atoms with Crippen molar-refractivity contribution in [3.63, 3.8) is 0 Å². The lowest BCUT2D eigenvalue weighted by molar-refractivity contribution is -0.116. The lowest BCUT2D eigenvalue weighted by Crippen LogP contribution is -2.13. The molecule has 0 unspecified atom stereocenters. The lowest BCUT2D eigenvalue weighted by Gasteiger charge is -2.07. The molecule has 0 spiro atoms. The summed E-state index contributed by atoms with van der Waals surface area (Å²) in [5.74, 6) is 2.30. The third-order valence-corrected chi connectivity index (χ3v) is 2.52. The van der Waals surface area contributed by atoms with E-state index in [1.165, 1.54) is 0 Å². The van der Waals surface area contributed by atoms with Gasteiger partial charge in [-0.3, -0.25) is 4.79 Å². The second kappa shape index (κ2) is 6.18. The first-order chi connectivity index (χ1) is 9.52. The average molecular weight is 274 g/mol. The van der Waals surface area contributed by atoms with Gasteiger partial charge in [-0.15, -0.1) is 0 Å². The van der Waals surface area contributed by atoms with Gasteiger partial charge in [0.25, 0.3) is 0 Å². The van der Waals surface area contributed by atoms with Crippen molar-refractivity contribution in [2.45, 2.75) is 27.2 Å². The van der Waals surface area contributed by atoms with Gasteiger partial charge in [0.2, 0.25) is 5.91 Å². The van der Waals surface area contributed by atoms with Crippen molar-refractivity contribution in [1.29, 1.82) is 0 Å². The van der Waals surface area contributed by atoms with Gasteiger partial charge >= 0.3 is 0 Å². The molecule has 2 heterocycles. The standard InChI is InChI=1S/C14H18N4O2/c1-9(2)6-14(19)16-11-4-5-12(15-8-11)17-13-7-10(3)20-18-13/h4-5,7-9H,6H2,1-3H3,(H,16,19)(H,15,17,18). The van der Waals surface area contributed by atoms with Crippen molar-refractivity contribution >= 4 is 23.2 Å². The molecule has 2 rings (SSSR count). The zero-order valence-electron chi connectivity index (χ0n) is 11.8. The Balaban J connectivity index is 1.94. The van der Waals surface area contributed by atoms with E-state index in [0.717, 1.165) is 5.76 Å². The number of hydrogen-bond donors (Lipinski definition) is 2. The van der Waals surface area contributed by atoms with E-state index in [9.17, 15) is 4.79 Å². The molecule has 0 saturated heterocycles. The predicted molar refractivity (Wildman–Crippen MR) is 76.8 cm³/mol. The fourth-order valence-corrected chi connectivity index (χ4v) is 1.68. The van der Waals surface area contributed by atoms with Crippen LogP contribution in [0, 0.1) is 12.8 Å². The third-order valence-electron chi connectivity index (χ3n) is 2.52. The Morgan fingerprint density at radius 1 is 1.35 bits per heavy atom. The molecular formula is C14H18N4O2. The van der Waals surface area contributed by atoms with E-state index < -0.39 is 0 Å². The molecule has 0 aromatic carbocycles. The Morgan fingerprint density at radius 3 is 2.70 bits per heavy atom. The van der Waals surface area contributed by atoms with Crippen LogP contribution in [0.5, 0.6) is 0 Å². The van der Waals surface area contributed by atoms with Crippen molar-refractivity contribution in [2.75, 3.05) is 10.6 Å². The number of aromatic nitrogens is 2. The number of pyridine rings is 1. The highest BCUT2D eigenvalue weighted by Gasteiger charge is 2.06. The molecule has 0 radical (unpaired) electrons. The lowest BCUT2D eigenvalue weighted by atomic mass is 10.1. The van der Waals surface area contributed by atoms with Crippen molar-refractivity contribution in [2.24, 2.45) is 5.92 Å². The maximum absolute atomic E-state index is 11.6. The van der Waals surface area contributed by atoms with Gasteiger partial charge in [-0.25, -0.2) is 4.98 Å². The highest BCUT2D eigenvalue weighted by molar-refractivity contribution is 5.90. The Morgan fingerprint density at radius 2 is 2.15 bits per heavy atom. The van der Waals surface area contributed by atoms with Gasteiger partial charge in [0.15, 0.2) is 5.82 Å². The number of nitrogens with zero attached hydrogens (tertiary/aromatic N) is 2. The summed E-state index contributed by atoms with van der Waals surface area (Å²) in [6.07, 6.45) is 2.10. The van der Waals surface area contributed by atoms with Gasteiger partial charge in [0, 0.05) is 12.5 Å². The number of hydrogen-bond acceptors (Lipinski definition) is 5. The summed E-state index contributed by atoms with van der Waals surface area (Å²) < 4.78 is 4.95. The Hall–Kier alpha value is -2.37. The fourth-order valence-electron chi connectivity index (χ4n) is 1.68. The number of rotatable bonds is 5. The summed E-state index contributed by atoms with van der Waals surface area (Å²) in [4.78, 5) is 15.8. The quantitative estimate of drug-likeness (QED) is 0.875. The van der Waals surface area contributed by atoms with E-state index in [-0.39, 0.29) is 5.91 Å². The summed E-state index contributed by atoms with van der Waals surface area (Å²) in [5, 5.41) is 9.63. The summed E-state index contributed by atoms with van der Waals surface area (Å²) in [5.41, 5.74) is 0.678. The minimum Gasteiger partial charge on any atom is -0.360 e. The minimum absolute atomic E-state index is 0.00497. The second-order valence-corrected chi connectivity index (χ2v) is 5.03. The minimum atomic E-state index is -0.00497. The zero-order chi connectivity index (χ0) is 14.5. The first-order valence-electron chi connectivity index (χ1n) is 6.49. The van der Waals surface area contributed by atoms with E-state index in [4.69, 9.17) is 4.52 Å². The van der Waals surface area contributed by atoms with Crippen molar-refractivity contribution in [3.05, 3.63) is 30.2 Å². The SMILES string of the molecule is Cc1cc(Nc2ccc(NC(=O)CC(C)C)cn2)no1. The highest BCUT2D eigenvalue weighted by atomic mass is 16.5. The molecule has 0 aliphatic rings. The molecule has 1 amide bonds. The van der Waals surface area contributed by atoms with Crippen molar-refractivity contribution in [3.8, 4) is 0 Å². The van der Waals surface area contributed by atoms with E-state index in [1.807, 2.05) is 20.8 Å². The van der Waals surface area contributed by atoms with E-state index in [2.05, 4.69) is 20.8 Å². The van der Waals surface area contributed by atoms with Crippen LogP contribution in [-0.4, -0.2) is 16.0 Å². The summed E-state index contributed by atoms with van der Waals surface area (Å²) >= 11 is 0. The molecule has 2 aromatic rings. The number of aryl methyl sites for hydroxylation is 1. The van der Waals surface area contributed by atoms with Gasteiger partial charge in [-0.05, 0) is 25.0 Å². The fraction of sp³-hybridized carbons (Fsp3) is 0.357. The number of carbonyl (C=O) groups is 1. The van der Waals surface area contributed by atoms with E-state index >= 15 is 0 Å². The van der Waals surface area contributed by atoms with Crippen LogP contribution in [0.2, 0.25) is 0 Å². The van der Waals surface area contributed by atoms with Crippen LogP contribution in [0.1, 0.15) is 26.0 Å². The first kappa shape index (κ1) is 14.0. The first-order valence-corrected chi connectivity index (χ1v) is 6.49. The highest BCUT2D eigenvalue weighted by Crippen LogP contribution is 2.16. The molecule has 20 heavy (non-hydrogen) atoms. The molecule has 0 saturated carbocycles. The predicted octanol–water partition coefficient (Wildman–Crippen LogP) is 3.11. The number of nitrogens with one attached hydrogen (secondary N) is 2. The normalized spacial score (nSPS) is 10.6. The smallest absolute Gasteiger partial charge is 0.224 e. The van der Waals surface area contributed by atoms with Crippen molar-refractivity contribution < 1.29 is 9.32 Å². The molecule has 0 bridgehead atoms. The molecule has 2 N–H and O–H groups in total. The van der Waals surface area contributed by atoms with Gasteiger partial charge in [-0.2, -0.15) is 0 Å². The molecular weight excluding hydrogens is 256 g/mol. The molecule has 6 heteroatoms. The Kier molecular flexibility index (Phi) is 4.34. The van der Waals surface area contributed by atoms with Gasteiger partial charge in [0.1, 0.15) is 11.6 Å². The van der Waals surface area contributed by atoms with E-state index in [1.54, 1.807) is 24.4 Å². The maximum atomic E-state index is 11.6. The molecule has 6 nitrogen and oxygen atoms in total. The van der Waals surface area contributed by atoms with Crippen LogP contribution in [0.3, 0.4) is 0 Å². The van der Waals surface area contributed by atoms with Gasteiger partial charge in [-0.1, -0.05) is 19.0 Å². The van der Waals surface area contributed by atoms with Crippen LogP contribution < -0.4 is 10.6 Å². The second-order valence-electron chi connectivity index (χ2n) is 5.03. The number of amides is 1. The van der Waals surface area contributed by atoms with Gasteiger partial charge < -0.3 is 15.2 Å². The molecule has 2 aromatic heterocycles. The van der Waals surface area contributed by atoms with Crippen LogP contribution in [0.25, 0.3) is 0 Å². The zero-order valence-corrected chi connectivity index (χ0v) is 11.8. The Bertz CT molecular complexity index is 575. The molecule has 0 fully saturated rings. The molecule has 106 valence electrons. The number of anilines is 3. The van der Waals surface area contributed by atoms with Crippen LogP contribution in [0.4, 0.5) is 17.3 Å². The monoisotopic (exact) mass is 274 g/mol. The summed E-state index contributed by atoms with van der Waals surface area (Å²) in [7, 11) is 0. The van der Waals surface area contributed by atoms with E-state index in [0.29, 0.717) is 29.7 Å². The van der Waals surface area contributed by atoms with Crippen LogP contribution >= 0.6 is 0 Å². The van der Waals surface area contributed by atoms with Crippen molar-refractivity contribution in [1.82, 2.24) is 10.1 Å². The molecule has 0 aliphatic heterocycles. The van der Waals surface area contributed by atoms with Crippen LogP contribution in [-0.2, 0) is 4.79 Å². The van der Waals surface area contributed by atoms with Gasteiger partial charge in [0.05, 0.1) is 11.9 Å².